The van der Waals surface area contributed by atoms with E-state index in [9.17, 15) is 4.79 Å². The Morgan fingerprint density at radius 3 is 3.00 bits per heavy atom. The highest BCUT2D eigenvalue weighted by molar-refractivity contribution is 6.30. The van der Waals surface area contributed by atoms with Crippen molar-refractivity contribution in [2.75, 3.05) is 5.32 Å². The summed E-state index contributed by atoms with van der Waals surface area (Å²) in [5.74, 6) is 0.387. The topological polar surface area (TPSA) is 57.8 Å². The molecule has 0 aliphatic rings. The van der Waals surface area contributed by atoms with E-state index in [1.54, 1.807) is 24.4 Å². The van der Waals surface area contributed by atoms with Crippen molar-refractivity contribution in [1.82, 2.24) is 10.2 Å². The van der Waals surface area contributed by atoms with Crippen LogP contribution in [0.5, 0.6) is 0 Å². The quantitative estimate of drug-likeness (QED) is 0.835. The SMILES string of the molecule is Cc1cn[nH]c1NC(=O)/C=C/c1cccc(Cl)c1. The fourth-order valence-electron chi connectivity index (χ4n) is 1.42. The molecule has 0 radical (unpaired) electrons. The first-order valence-electron chi connectivity index (χ1n) is 5.40. The highest BCUT2D eigenvalue weighted by Crippen LogP contribution is 2.12. The molecule has 92 valence electrons. The van der Waals surface area contributed by atoms with Crippen molar-refractivity contribution in [3.8, 4) is 0 Å². The van der Waals surface area contributed by atoms with Crippen LogP contribution >= 0.6 is 11.6 Å². The molecule has 1 amide bonds. The first-order valence-corrected chi connectivity index (χ1v) is 5.77. The third-order valence-electron chi connectivity index (χ3n) is 2.35. The highest BCUT2D eigenvalue weighted by Gasteiger charge is 2.02. The average Bonchev–Trinajstić information content (AvgIpc) is 2.73. The van der Waals surface area contributed by atoms with Crippen LogP contribution in [0.25, 0.3) is 6.08 Å². The summed E-state index contributed by atoms with van der Waals surface area (Å²) >= 11 is 5.85. The number of nitrogens with one attached hydrogen (secondary N) is 2. The lowest BCUT2D eigenvalue weighted by atomic mass is 10.2. The molecule has 0 unspecified atom stereocenters. The summed E-state index contributed by atoms with van der Waals surface area (Å²) in [5, 5.41) is 9.87. The van der Waals surface area contributed by atoms with Crippen LogP contribution in [0.15, 0.2) is 36.5 Å². The highest BCUT2D eigenvalue weighted by atomic mass is 35.5. The molecule has 1 heterocycles. The molecule has 0 spiro atoms. The number of anilines is 1. The van der Waals surface area contributed by atoms with Crippen LogP contribution in [0, 0.1) is 6.92 Å². The van der Waals surface area contributed by atoms with Crippen molar-refractivity contribution in [3.05, 3.63) is 52.7 Å². The van der Waals surface area contributed by atoms with E-state index in [1.165, 1.54) is 6.08 Å². The molecule has 18 heavy (non-hydrogen) atoms. The number of hydrogen-bond acceptors (Lipinski definition) is 2. The Balaban J connectivity index is 2.01. The number of aryl methyl sites for hydroxylation is 1. The number of carbonyl (C=O) groups excluding carboxylic acids is 1. The summed E-state index contributed by atoms with van der Waals surface area (Å²) < 4.78 is 0. The maximum Gasteiger partial charge on any atom is 0.249 e. The summed E-state index contributed by atoms with van der Waals surface area (Å²) in [7, 11) is 0. The van der Waals surface area contributed by atoms with Gasteiger partial charge in [0.05, 0.1) is 6.20 Å². The second-order valence-electron chi connectivity index (χ2n) is 3.81. The van der Waals surface area contributed by atoms with Crippen molar-refractivity contribution in [3.63, 3.8) is 0 Å². The zero-order chi connectivity index (χ0) is 13.0. The first-order chi connectivity index (χ1) is 8.65. The number of carbonyl (C=O) groups is 1. The van der Waals surface area contributed by atoms with E-state index in [4.69, 9.17) is 11.6 Å². The summed E-state index contributed by atoms with van der Waals surface area (Å²) in [6.45, 7) is 1.86. The molecular weight excluding hydrogens is 250 g/mol. The summed E-state index contributed by atoms with van der Waals surface area (Å²) in [4.78, 5) is 11.6. The van der Waals surface area contributed by atoms with Crippen molar-refractivity contribution in [2.45, 2.75) is 6.92 Å². The number of halogens is 1. The maximum absolute atomic E-state index is 11.6. The fourth-order valence-corrected chi connectivity index (χ4v) is 1.62. The number of amides is 1. The predicted octanol–water partition coefficient (Wildman–Crippen LogP) is 3.02. The van der Waals surface area contributed by atoms with E-state index < -0.39 is 0 Å². The smallest absolute Gasteiger partial charge is 0.249 e. The lowest BCUT2D eigenvalue weighted by molar-refractivity contribution is -0.111. The van der Waals surface area contributed by atoms with E-state index >= 15 is 0 Å². The number of rotatable bonds is 3. The number of aromatic amines is 1. The minimum absolute atomic E-state index is 0.220. The Bertz CT molecular complexity index is 589. The molecule has 0 fully saturated rings. The number of nitrogens with zero attached hydrogens (tertiary/aromatic N) is 1. The van der Waals surface area contributed by atoms with Crippen LogP contribution in [0.4, 0.5) is 5.82 Å². The van der Waals surface area contributed by atoms with Crippen molar-refractivity contribution < 1.29 is 4.79 Å². The minimum atomic E-state index is -0.220. The largest absolute Gasteiger partial charge is 0.307 e. The summed E-state index contributed by atoms with van der Waals surface area (Å²) in [6.07, 6.45) is 4.80. The molecule has 0 aliphatic carbocycles. The molecule has 1 aromatic heterocycles. The van der Waals surface area contributed by atoms with E-state index in [2.05, 4.69) is 15.5 Å². The van der Waals surface area contributed by atoms with Crippen molar-refractivity contribution in [1.29, 1.82) is 0 Å². The Labute approximate surface area is 110 Å². The van der Waals surface area contributed by atoms with E-state index in [1.807, 2.05) is 19.1 Å². The van der Waals surface area contributed by atoms with Gasteiger partial charge in [0, 0.05) is 16.7 Å². The normalized spacial score (nSPS) is 10.8. The molecule has 0 aliphatic heterocycles. The van der Waals surface area contributed by atoms with Gasteiger partial charge in [-0.05, 0) is 30.7 Å². The second-order valence-corrected chi connectivity index (χ2v) is 4.24. The molecule has 0 saturated carbocycles. The van der Waals surface area contributed by atoms with Crippen LogP contribution in [-0.2, 0) is 4.79 Å². The minimum Gasteiger partial charge on any atom is -0.307 e. The van der Waals surface area contributed by atoms with Gasteiger partial charge in [-0.15, -0.1) is 0 Å². The van der Waals surface area contributed by atoms with Crippen LogP contribution < -0.4 is 5.32 Å². The molecule has 0 atom stereocenters. The van der Waals surface area contributed by atoms with Gasteiger partial charge in [-0.2, -0.15) is 5.10 Å². The van der Waals surface area contributed by atoms with Gasteiger partial charge in [0.25, 0.3) is 0 Å². The van der Waals surface area contributed by atoms with Gasteiger partial charge in [-0.3, -0.25) is 9.89 Å². The van der Waals surface area contributed by atoms with Crippen LogP contribution in [0.1, 0.15) is 11.1 Å². The van der Waals surface area contributed by atoms with Crippen LogP contribution in [0.2, 0.25) is 5.02 Å². The number of hydrogen-bond donors (Lipinski definition) is 2. The van der Waals surface area contributed by atoms with Crippen LogP contribution in [-0.4, -0.2) is 16.1 Å². The second kappa shape index (κ2) is 5.51. The molecular formula is C13H12ClN3O. The molecule has 1 aromatic carbocycles. The molecule has 5 heteroatoms. The Kier molecular flexibility index (Phi) is 3.79. The number of benzene rings is 1. The van der Waals surface area contributed by atoms with Gasteiger partial charge in [0.1, 0.15) is 5.82 Å². The monoisotopic (exact) mass is 261 g/mol. The number of H-pyrrole nitrogens is 1. The van der Waals surface area contributed by atoms with Gasteiger partial charge in [-0.25, -0.2) is 0 Å². The molecule has 4 nitrogen and oxygen atoms in total. The van der Waals surface area contributed by atoms with Crippen LogP contribution in [0.3, 0.4) is 0 Å². The van der Waals surface area contributed by atoms with Gasteiger partial charge in [0.2, 0.25) is 5.91 Å². The van der Waals surface area contributed by atoms with Gasteiger partial charge in [-0.1, -0.05) is 23.7 Å². The van der Waals surface area contributed by atoms with Gasteiger partial charge >= 0.3 is 0 Å². The molecule has 0 bridgehead atoms. The van der Waals surface area contributed by atoms with E-state index in [-0.39, 0.29) is 5.91 Å². The number of aromatic nitrogens is 2. The van der Waals surface area contributed by atoms with Gasteiger partial charge < -0.3 is 5.32 Å². The van der Waals surface area contributed by atoms with Crippen molar-refractivity contribution in [2.24, 2.45) is 0 Å². The third kappa shape index (κ3) is 3.21. The maximum atomic E-state index is 11.6. The fraction of sp³-hybridized carbons (Fsp3) is 0.0769. The lowest BCUT2D eigenvalue weighted by Crippen LogP contribution is -2.08. The molecule has 2 rings (SSSR count). The molecule has 0 saturated heterocycles. The first kappa shape index (κ1) is 12.4. The molecule has 2 aromatic rings. The standard InChI is InChI=1S/C13H12ClN3O/c1-9-8-15-17-13(9)16-12(18)6-5-10-3-2-4-11(14)7-10/h2-8H,1H3,(H2,15,16,17,18)/b6-5+. The van der Waals surface area contributed by atoms with E-state index in [0.717, 1.165) is 11.1 Å². The summed E-state index contributed by atoms with van der Waals surface area (Å²) in [5.41, 5.74) is 1.76. The predicted molar refractivity (Wildman–Crippen MR) is 72.4 cm³/mol. The Morgan fingerprint density at radius 2 is 2.33 bits per heavy atom. The zero-order valence-electron chi connectivity index (χ0n) is 9.77. The Hall–Kier alpha value is -2.07. The Morgan fingerprint density at radius 1 is 1.50 bits per heavy atom. The third-order valence-corrected chi connectivity index (χ3v) is 2.59. The van der Waals surface area contributed by atoms with Gasteiger partial charge in [0.15, 0.2) is 0 Å². The lowest BCUT2D eigenvalue weighted by Gasteiger charge is -1.99. The average molecular weight is 262 g/mol. The van der Waals surface area contributed by atoms with Crippen molar-refractivity contribution >= 4 is 29.4 Å². The zero-order valence-corrected chi connectivity index (χ0v) is 10.5. The summed E-state index contributed by atoms with van der Waals surface area (Å²) in [6, 6.07) is 7.27. The van der Waals surface area contributed by atoms with E-state index in [0.29, 0.717) is 10.8 Å². The molecule has 2 N–H and O–H groups in total.